The maximum absolute atomic E-state index is 12.3. The summed E-state index contributed by atoms with van der Waals surface area (Å²) >= 11 is 0. The van der Waals surface area contributed by atoms with E-state index in [9.17, 15) is 14.4 Å². The summed E-state index contributed by atoms with van der Waals surface area (Å²) < 4.78 is 6.21. The van der Waals surface area contributed by atoms with Crippen molar-refractivity contribution in [1.29, 1.82) is 0 Å². The van der Waals surface area contributed by atoms with Gasteiger partial charge in [0.05, 0.1) is 13.7 Å². The molecule has 22 heavy (non-hydrogen) atoms. The summed E-state index contributed by atoms with van der Waals surface area (Å²) in [6.45, 7) is 1.42. The SMILES string of the molecule is COc1cccc(C(=O)Cn2c(C)ccc(C(=O)O)c2=O)c1. The van der Waals surface area contributed by atoms with Crippen LogP contribution in [0.15, 0.2) is 41.2 Å². The molecule has 1 heterocycles. The van der Waals surface area contributed by atoms with E-state index in [1.165, 1.54) is 19.2 Å². The number of ketones is 1. The van der Waals surface area contributed by atoms with E-state index in [0.717, 1.165) is 4.57 Å². The van der Waals surface area contributed by atoms with Crippen molar-refractivity contribution in [3.63, 3.8) is 0 Å². The molecular weight excluding hydrogens is 286 g/mol. The van der Waals surface area contributed by atoms with Crippen molar-refractivity contribution in [3.8, 4) is 5.75 Å². The molecule has 0 unspecified atom stereocenters. The van der Waals surface area contributed by atoms with Crippen molar-refractivity contribution in [2.75, 3.05) is 7.11 Å². The number of aryl methyl sites for hydroxylation is 1. The number of carbonyl (C=O) groups is 2. The van der Waals surface area contributed by atoms with Crippen molar-refractivity contribution < 1.29 is 19.4 Å². The van der Waals surface area contributed by atoms with E-state index >= 15 is 0 Å². The number of pyridine rings is 1. The maximum Gasteiger partial charge on any atom is 0.341 e. The zero-order chi connectivity index (χ0) is 16.3. The van der Waals surface area contributed by atoms with E-state index < -0.39 is 11.5 Å². The molecule has 0 atom stereocenters. The summed E-state index contributed by atoms with van der Waals surface area (Å²) in [4.78, 5) is 35.4. The molecule has 1 N–H and O–H groups in total. The van der Waals surface area contributed by atoms with Crippen LogP contribution in [-0.2, 0) is 6.54 Å². The van der Waals surface area contributed by atoms with Crippen LogP contribution in [-0.4, -0.2) is 28.5 Å². The normalized spacial score (nSPS) is 10.3. The highest BCUT2D eigenvalue weighted by molar-refractivity contribution is 5.96. The lowest BCUT2D eigenvalue weighted by molar-refractivity contribution is 0.0693. The lowest BCUT2D eigenvalue weighted by atomic mass is 10.1. The molecule has 1 aromatic carbocycles. The van der Waals surface area contributed by atoms with Gasteiger partial charge in [0.2, 0.25) is 0 Å². The summed E-state index contributed by atoms with van der Waals surface area (Å²) in [5.41, 5.74) is -0.134. The number of Topliss-reactive ketones (excluding diaryl/α,β-unsaturated/α-hetero) is 1. The van der Waals surface area contributed by atoms with E-state index in [4.69, 9.17) is 9.84 Å². The molecule has 0 aliphatic rings. The predicted octanol–water partition coefficient (Wildman–Crippen LogP) is 1.75. The van der Waals surface area contributed by atoms with Gasteiger partial charge in [-0.25, -0.2) is 4.79 Å². The third-order valence-corrected chi connectivity index (χ3v) is 3.32. The van der Waals surface area contributed by atoms with Crippen molar-refractivity contribution in [2.24, 2.45) is 0 Å². The molecule has 2 aromatic rings. The van der Waals surface area contributed by atoms with Crippen LogP contribution >= 0.6 is 0 Å². The van der Waals surface area contributed by atoms with Crippen LogP contribution in [0.5, 0.6) is 5.75 Å². The third-order valence-electron chi connectivity index (χ3n) is 3.32. The average molecular weight is 301 g/mol. The molecule has 0 aliphatic carbocycles. The van der Waals surface area contributed by atoms with Crippen LogP contribution in [0.25, 0.3) is 0 Å². The lowest BCUT2D eigenvalue weighted by Crippen LogP contribution is -2.30. The fraction of sp³-hybridized carbons (Fsp3) is 0.188. The molecule has 0 amide bonds. The van der Waals surface area contributed by atoms with Crippen LogP contribution in [0, 0.1) is 6.92 Å². The highest BCUT2D eigenvalue weighted by Gasteiger charge is 2.15. The number of hydrogen-bond donors (Lipinski definition) is 1. The number of rotatable bonds is 5. The van der Waals surface area contributed by atoms with Crippen LogP contribution < -0.4 is 10.3 Å². The number of carboxylic acid groups (broad SMARTS) is 1. The molecule has 0 spiro atoms. The molecule has 0 fully saturated rings. The summed E-state index contributed by atoms with van der Waals surface area (Å²) in [5, 5.41) is 8.99. The monoisotopic (exact) mass is 301 g/mol. The Morgan fingerprint density at radius 2 is 1.95 bits per heavy atom. The predicted molar refractivity (Wildman–Crippen MR) is 79.7 cm³/mol. The second kappa shape index (κ2) is 6.26. The van der Waals surface area contributed by atoms with Crippen LogP contribution in [0.2, 0.25) is 0 Å². The van der Waals surface area contributed by atoms with Crippen molar-refractivity contribution in [1.82, 2.24) is 4.57 Å². The van der Waals surface area contributed by atoms with Gasteiger partial charge in [-0.1, -0.05) is 12.1 Å². The van der Waals surface area contributed by atoms with Gasteiger partial charge in [0.25, 0.3) is 5.56 Å². The summed E-state index contributed by atoms with van der Waals surface area (Å²) in [6, 6.07) is 9.32. The molecule has 0 saturated carbocycles. The Balaban J connectivity index is 2.38. The topological polar surface area (TPSA) is 85.6 Å². The molecule has 0 bridgehead atoms. The second-order valence-electron chi connectivity index (χ2n) is 4.74. The molecule has 0 radical (unpaired) electrons. The zero-order valence-electron chi connectivity index (χ0n) is 12.2. The van der Waals surface area contributed by atoms with E-state index in [1.54, 1.807) is 31.2 Å². The number of benzene rings is 1. The van der Waals surface area contributed by atoms with Gasteiger partial charge in [-0.3, -0.25) is 9.59 Å². The summed E-state index contributed by atoms with van der Waals surface area (Å²) in [6.07, 6.45) is 0. The molecule has 2 rings (SSSR count). The Morgan fingerprint density at radius 3 is 2.59 bits per heavy atom. The Hall–Kier alpha value is -2.89. The standard InChI is InChI=1S/C16H15NO5/c1-10-6-7-13(16(20)21)15(19)17(10)9-14(18)11-4-3-5-12(8-11)22-2/h3-8H,9H2,1-2H3,(H,20,21). The van der Waals surface area contributed by atoms with Gasteiger partial charge in [0, 0.05) is 11.3 Å². The second-order valence-corrected chi connectivity index (χ2v) is 4.74. The zero-order valence-corrected chi connectivity index (χ0v) is 12.2. The minimum absolute atomic E-state index is 0.223. The molecule has 0 saturated heterocycles. The van der Waals surface area contributed by atoms with Gasteiger partial charge in [-0.15, -0.1) is 0 Å². The van der Waals surface area contributed by atoms with E-state index in [-0.39, 0.29) is 17.9 Å². The van der Waals surface area contributed by atoms with Gasteiger partial charge >= 0.3 is 5.97 Å². The summed E-state index contributed by atoms with van der Waals surface area (Å²) in [5.74, 6) is -1.08. The third kappa shape index (κ3) is 3.06. The molecule has 6 heteroatoms. The number of methoxy groups -OCH3 is 1. The van der Waals surface area contributed by atoms with E-state index in [2.05, 4.69) is 0 Å². The minimum atomic E-state index is -1.31. The first-order chi connectivity index (χ1) is 10.4. The highest BCUT2D eigenvalue weighted by Crippen LogP contribution is 2.13. The lowest BCUT2D eigenvalue weighted by Gasteiger charge is -2.10. The highest BCUT2D eigenvalue weighted by atomic mass is 16.5. The summed E-state index contributed by atoms with van der Waals surface area (Å²) in [7, 11) is 1.49. The first kappa shape index (κ1) is 15.5. The van der Waals surface area contributed by atoms with Gasteiger partial charge in [0.15, 0.2) is 5.78 Å². The Kier molecular flexibility index (Phi) is 4.41. The Bertz CT molecular complexity index is 791. The molecular formula is C16H15NO5. The van der Waals surface area contributed by atoms with Crippen LogP contribution in [0.1, 0.15) is 26.4 Å². The molecule has 0 aliphatic heterocycles. The van der Waals surface area contributed by atoms with Gasteiger partial charge in [0.1, 0.15) is 11.3 Å². The maximum atomic E-state index is 12.3. The Labute approximate surface area is 126 Å². The van der Waals surface area contributed by atoms with Gasteiger partial charge in [-0.2, -0.15) is 0 Å². The van der Waals surface area contributed by atoms with Gasteiger partial charge in [-0.05, 0) is 31.2 Å². The van der Waals surface area contributed by atoms with Gasteiger partial charge < -0.3 is 14.4 Å². The number of carboxylic acids is 1. The number of carbonyl (C=O) groups excluding carboxylic acids is 1. The molecule has 114 valence electrons. The van der Waals surface area contributed by atoms with Crippen LogP contribution in [0.3, 0.4) is 0 Å². The van der Waals surface area contributed by atoms with E-state index in [0.29, 0.717) is 17.0 Å². The number of aromatic carboxylic acids is 1. The first-order valence-electron chi connectivity index (χ1n) is 6.55. The average Bonchev–Trinajstić information content (AvgIpc) is 2.50. The largest absolute Gasteiger partial charge is 0.497 e. The Morgan fingerprint density at radius 1 is 1.23 bits per heavy atom. The fourth-order valence-corrected chi connectivity index (χ4v) is 2.06. The van der Waals surface area contributed by atoms with Crippen LogP contribution in [0.4, 0.5) is 0 Å². The smallest absolute Gasteiger partial charge is 0.341 e. The number of hydrogen-bond acceptors (Lipinski definition) is 4. The number of aromatic nitrogens is 1. The number of nitrogens with zero attached hydrogens (tertiary/aromatic N) is 1. The van der Waals surface area contributed by atoms with Crippen molar-refractivity contribution in [2.45, 2.75) is 13.5 Å². The quantitative estimate of drug-likeness (QED) is 0.850. The van der Waals surface area contributed by atoms with Crippen molar-refractivity contribution >= 4 is 11.8 Å². The molecule has 6 nitrogen and oxygen atoms in total. The van der Waals surface area contributed by atoms with Crippen molar-refractivity contribution in [3.05, 3.63) is 63.6 Å². The molecule has 1 aromatic heterocycles. The first-order valence-corrected chi connectivity index (χ1v) is 6.55. The minimum Gasteiger partial charge on any atom is -0.497 e. The fourth-order valence-electron chi connectivity index (χ4n) is 2.06. The number of ether oxygens (including phenoxy) is 1. The van der Waals surface area contributed by atoms with E-state index in [1.807, 2.05) is 0 Å².